The maximum absolute atomic E-state index is 10.1. The van der Waals surface area contributed by atoms with Gasteiger partial charge in [-0.25, -0.2) is 0 Å². The van der Waals surface area contributed by atoms with Crippen LogP contribution in [-0.4, -0.2) is 36.1 Å². The molecule has 4 rings (SSSR count). The second-order valence-electron chi connectivity index (χ2n) is 5.76. The average Bonchev–Trinajstić information content (AvgIpc) is 2.61. The fourth-order valence-electron chi connectivity index (χ4n) is 3.10. The molecule has 3 aromatic rings. The van der Waals surface area contributed by atoms with Crippen molar-refractivity contribution in [2.24, 2.45) is 0 Å². The molecule has 7 heteroatoms. The lowest BCUT2D eigenvalue weighted by atomic mass is 9.72. The largest absolute Gasteiger partial charge is 0.496 e. The van der Waals surface area contributed by atoms with Gasteiger partial charge in [0, 0.05) is 17.6 Å². The Morgan fingerprint density at radius 2 is 2.17 bits per heavy atom. The summed E-state index contributed by atoms with van der Waals surface area (Å²) in [7, 11) is 0.731. The molecule has 0 bridgehead atoms. The van der Waals surface area contributed by atoms with Gasteiger partial charge in [0.2, 0.25) is 0 Å². The van der Waals surface area contributed by atoms with Crippen molar-refractivity contribution in [2.45, 2.75) is 6.42 Å². The Balaban J connectivity index is 1.90. The Kier molecular flexibility index (Phi) is 3.59. The van der Waals surface area contributed by atoms with Crippen LogP contribution in [0.3, 0.4) is 0 Å². The van der Waals surface area contributed by atoms with Gasteiger partial charge >= 0.3 is 7.12 Å². The zero-order chi connectivity index (χ0) is 16.7. The quantitative estimate of drug-likeness (QED) is 0.688. The van der Waals surface area contributed by atoms with E-state index in [4.69, 9.17) is 15.1 Å². The van der Waals surface area contributed by atoms with E-state index in [1.165, 1.54) is 6.20 Å². The van der Waals surface area contributed by atoms with Gasteiger partial charge in [0.15, 0.2) is 0 Å². The molecular weight excluding hydrogens is 305 g/mol. The van der Waals surface area contributed by atoms with Crippen LogP contribution in [0.25, 0.3) is 22.0 Å². The van der Waals surface area contributed by atoms with Gasteiger partial charge in [0.05, 0.1) is 24.5 Å². The molecule has 0 atom stereocenters. The molecule has 2 heterocycles. The summed E-state index contributed by atoms with van der Waals surface area (Å²) >= 11 is 0. The topological polar surface area (TPSA) is 90.5 Å². The highest BCUT2D eigenvalue weighted by Crippen LogP contribution is 2.33. The summed E-state index contributed by atoms with van der Waals surface area (Å²) in [6.45, 7) is 0.501. The second-order valence-corrected chi connectivity index (χ2v) is 5.76. The zero-order valence-electron chi connectivity index (χ0n) is 13.2. The van der Waals surface area contributed by atoms with E-state index in [2.05, 4.69) is 10.2 Å². The molecule has 0 radical (unpaired) electrons. The van der Waals surface area contributed by atoms with Crippen LogP contribution >= 0.6 is 0 Å². The van der Waals surface area contributed by atoms with Crippen molar-refractivity contribution in [3.63, 3.8) is 0 Å². The smallest absolute Gasteiger partial charge is 0.491 e. The molecule has 0 saturated carbocycles. The lowest BCUT2D eigenvalue weighted by molar-refractivity contribution is 0.266. The highest BCUT2D eigenvalue weighted by molar-refractivity contribution is 6.61. The van der Waals surface area contributed by atoms with Crippen molar-refractivity contribution < 1.29 is 14.4 Å². The molecule has 1 aromatic heterocycles. The van der Waals surface area contributed by atoms with E-state index < -0.39 is 7.12 Å². The SMILES string of the molecule is COc1cc2c(cc1-c1ccc3c(N)cnnc3c1)B(O)OCC2. The summed E-state index contributed by atoms with van der Waals surface area (Å²) in [4.78, 5) is 0. The third-order valence-electron chi connectivity index (χ3n) is 4.36. The molecule has 1 aliphatic rings. The van der Waals surface area contributed by atoms with E-state index in [0.29, 0.717) is 17.8 Å². The third kappa shape index (κ3) is 2.38. The van der Waals surface area contributed by atoms with Gasteiger partial charge in [-0.05, 0) is 41.2 Å². The molecule has 0 amide bonds. The molecule has 1 aliphatic heterocycles. The summed E-state index contributed by atoms with van der Waals surface area (Å²) < 4.78 is 10.9. The first-order chi connectivity index (χ1) is 11.7. The van der Waals surface area contributed by atoms with Gasteiger partial charge in [-0.2, -0.15) is 10.2 Å². The van der Waals surface area contributed by atoms with Gasteiger partial charge in [-0.1, -0.05) is 12.1 Å². The van der Waals surface area contributed by atoms with Crippen LogP contribution in [0, 0.1) is 0 Å². The van der Waals surface area contributed by atoms with Crippen LogP contribution < -0.4 is 15.9 Å². The maximum atomic E-state index is 10.1. The number of aromatic nitrogens is 2. The predicted molar refractivity (Wildman–Crippen MR) is 93.2 cm³/mol. The van der Waals surface area contributed by atoms with Crippen LogP contribution in [0.2, 0.25) is 0 Å². The van der Waals surface area contributed by atoms with Gasteiger partial charge in [0.1, 0.15) is 5.75 Å². The molecule has 120 valence electrons. The summed E-state index contributed by atoms with van der Waals surface area (Å²) in [6, 6.07) is 9.67. The lowest BCUT2D eigenvalue weighted by Gasteiger charge is -2.21. The number of nitrogens with zero attached hydrogens (tertiary/aromatic N) is 2. The van der Waals surface area contributed by atoms with Crippen LogP contribution in [0.1, 0.15) is 5.56 Å². The first-order valence-corrected chi connectivity index (χ1v) is 7.69. The van der Waals surface area contributed by atoms with Crippen molar-refractivity contribution in [1.82, 2.24) is 10.2 Å². The van der Waals surface area contributed by atoms with Gasteiger partial charge in [0.25, 0.3) is 0 Å². The number of nitrogens with two attached hydrogens (primary N) is 1. The molecule has 24 heavy (non-hydrogen) atoms. The first-order valence-electron chi connectivity index (χ1n) is 7.69. The Morgan fingerprint density at radius 1 is 1.29 bits per heavy atom. The van der Waals surface area contributed by atoms with Crippen LogP contribution in [0.4, 0.5) is 5.69 Å². The monoisotopic (exact) mass is 321 g/mol. The second kappa shape index (κ2) is 5.77. The molecule has 2 aromatic carbocycles. The molecule has 3 N–H and O–H groups in total. The number of benzene rings is 2. The molecule has 0 aliphatic carbocycles. The Hall–Kier alpha value is -2.64. The van der Waals surface area contributed by atoms with Crippen molar-refractivity contribution >= 4 is 29.2 Å². The summed E-state index contributed by atoms with van der Waals surface area (Å²) in [5, 5.41) is 19.0. The summed E-state index contributed by atoms with van der Waals surface area (Å²) in [5.41, 5.74) is 10.8. The molecular formula is C17H16BN3O3. The maximum Gasteiger partial charge on any atom is 0.491 e. The van der Waals surface area contributed by atoms with Crippen molar-refractivity contribution in [3.05, 3.63) is 42.1 Å². The zero-order valence-corrected chi connectivity index (χ0v) is 13.2. The normalized spacial score (nSPS) is 13.8. The summed E-state index contributed by atoms with van der Waals surface area (Å²) in [6.07, 6.45) is 2.29. The number of rotatable bonds is 2. The van der Waals surface area contributed by atoms with Gasteiger partial charge < -0.3 is 20.1 Å². The van der Waals surface area contributed by atoms with Crippen molar-refractivity contribution in [3.8, 4) is 16.9 Å². The molecule has 6 nitrogen and oxygen atoms in total. The average molecular weight is 321 g/mol. The minimum Gasteiger partial charge on any atom is -0.496 e. The lowest BCUT2D eigenvalue weighted by Crippen LogP contribution is -2.41. The number of hydrogen-bond donors (Lipinski definition) is 2. The molecule has 0 saturated heterocycles. The predicted octanol–water partition coefficient (Wildman–Crippen LogP) is 1.15. The minimum absolute atomic E-state index is 0.501. The fraction of sp³-hybridized carbons (Fsp3) is 0.176. The van der Waals surface area contributed by atoms with E-state index in [1.807, 2.05) is 30.3 Å². The van der Waals surface area contributed by atoms with E-state index >= 15 is 0 Å². The number of nitrogen functional groups attached to an aromatic ring is 1. The highest BCUT2D eigenvalue weighted by atomic mass is 16.5. The Morgan fingerprint density at radius 3 is 3.00 bits per heavy atom. The van der Waals surface area contributed by atoms with E-state index in [9.17, 15) is 5.02 Å². The van der Waals surface area contributed by atoms with Crippen LogP contribution in [0.15, 0.2) is 36.5 Å². The fourth-order valence-corrected chi connectivity index (χ4v) is 3.10. The van der Waals surface area contributed by atoms with Gasteiger partial charge in [-0.15, -0.1) is 0 Å². The van der Waals surface area contributed by atoms with Crippen molar-refractivity contribution in [1.29, 1.82) is 0 Å². The van der Waals surface area contributed by atoms with E-state index in [1.54, 1.807) is 7.11 Å². The number of hydrogen-bond acceptors (Lipinski definition) is 6. The third-order valence-corrected chi connectivity index (χ3v) is 4.36. The minimum atomic E-state index is -0.908. The van der Waals surface area contributed by atoms with Crippen LogP contribution in [-0.2, 0) is 11.1 Å². The number of methoxy groups -OCH3 is 1. The number of anilines is 1. The Labute approximate surface area is 139 Å². The molecule has 0 spiro atoms. The van der Waals surface area contributed by atoms with Crippen LogP contribution in [0.5, 0.6) is 5.75 Å². The summed E-state index contributed by atoms with van der Waals surface area (Å²) in [5.74, 6) is 0.749. The molecule has 0 unspecified atom stereocenters. The standard InChI is InChI=1S/C17H16BN3O3/c1-23-17-7-11-4-5-24-18(22)14(11)8-13(17)10-2-3-12-15(19)9-20-21-16(12)6-10/h2-3,6-9,22H,4-5H2,1H3,(H2,19,21). The van der Waals surface area contributed by atoms with Crippen molar-refractivity contribution in [2.75, 3.05) is 19.5 Å². The highest BCUT2D eigenvalue weighted by Gasteiger charge is 2.26. The Bertz CT molecular complexity index is 932. The first kappa shape index (κ1) is 14.9. The van der Waals surface area contributed by atoms with E-state index in [-0.39, 0.29) is 0 Å². The van der Waals surface area contributed by atoms with Gasteiger partial charge in [-0.3, -0.25) is 0 Å². The number of fused-ring (bicyclic) bond motifs is 2. The number of ether oxygens (including phenoxy) is 1. The molecule has 0 fully saturated rings. The van der Waals surface area contributed by atoms with E-state index in [0.717, 1.165) is 39.7 Å².